The van der Waals surface area contributed by atoms with Crippen molar-refractivity contribution < 1.29 is 5.11 Å². The van der Waals surface area contributed by atoms with Crippen LogP contribution >= 0.6 is 0 Å². The number of aromatic nitrogens is 1. The second-order valence-corrected chi connectivity index (χ2v) is 6.94. The van der Waals surface area contributed by atoms with E-state index in [1.807, 2.05) is 25.1 Å². The van der Waals surface area contributed by atoms with Crippen molar-refractivity contribution in [3.05, 3.63) is 45.9 Å². The lowest BCUT2D eigenvalue weighted by Gasteiger charge is -2.27. The van der Waals surface area contributed by atoms with E-state index >= 15 is 0 Å². The van der Waals surface area contributed by atoms with Crippen molar-refractivity contribution >= 4 is 10.8 Å². The maximum Gasteiger partial charge on any atom is 0.256 e. The summed E-state index contributed by atoms with van der Waals surface area (Å²) in [5.74, 6) is 0.602. The van der Waals surface area contributed by atoms with Crippen LogP contribution in [-0.4, -0.2) is 40.2 Å². The zero-order chi connectivity index (χ0) is 16.6. The van der Waals surface area contributed by atoms with Gasteiger partial charge in [-0.3, -0.25) is 9.69 Å². The normalized spacial score (nSPS) is 25.3. The Morgan fingerprint density at radius 1 is 1.30 bits per heavy atom. The number of fused-ring (bicyclic) bond motifs is 1. The van der Waals surface area contributed by atoms with Gasteiger partial charge in [-0.05, 0) is 49.3 Å². The molecule has 2 heterocycles. The largest absolute Gasteiger partial charge is 0.395 e. The summed E-state index contributed by atoms with van der Waals surface area (Å²) in [6.07, 6.45) is 1.85. The Balaban J connectivity index is 1.82. The molecule has 2 N–H and O–H groups in total. The summed E-state index contributed by atoms with van der Waals surface area (Å²) in [5.41, 5.74) is 2.09. The summed E-state index contributed by atoms with van der Waals surface area (Å²) in [6.45, 7) is 7.59. The van der Waals surface area contributed by atoms with E-state index in [-0.39, 0.29) is 18.2 Å². The molecule has 3 rings (SSSR count). The van der Waals surface area contributed by atoms with Gasteiger partial charge in [0.15, 0.2) is 0 Å². The Morgan fingerprint density at radius 2 is 2.09 bits per heavy atom. The highest BCUT2D eigenvalue weighted by Crippen LogP contribution is 2.29. The van der Waals surface area contributed by atoms with Gasteiger partial charge in [-0.25, -0.2) is 0 Å². The Bertz CT molecular complexity index is 753. The van der Waals surface area contributed by atoms with Gasteiger partial charge in [0, 0.05) is 36.1 Å². The van der Waals surface area contributed by atoms with Gasteiger partial charge in [0.1, 0.15) is 0 Å². The number of likely N-dealkylation sites (tertiary alicyclic amines) is 1. The molecule has 23 heavy (non-hydrogen) atoms. The van der Waals surface area contributed by atoms with Crippen molar-refractivity contribution in [3.8, 4) is 0 Å². The minimum Gasteiger partial charge on any atom is -0.395 e. The molecule has 0 saturated carbocycles. The van der Waals surface area contributed by atoms with E-state index in [1.165, 1.54) is 0 Å². The molecule has 3 atom stereocenters. The quantitative estimate of drug-likeness (QED) is 0.911. The molecule has 1 aliphatic rings. The number of benzene rings is 1. The number of hydrogen-bond donors (Lipinski definition) is 2. The molecule has 0 bridgehead atoms. The van der Waals surface area contributed by atoms with Crippen molar-refractivity contribution in [2.75, 3.05) is 13.2 Å². The molecule has 4 nitrogen and oxygen atoms in total. The maximum absolute atomic E-state index is 12.3. The average Bonchev–Trinajstić information content (AvgIpc) is 2.81. The van der Waals surface area contributed by atoms with E-state index in [1.54, 1.807) is 0 Å². The number of rotatable bonds is 4. The molecule has 1 fully saturated rings. The fourth-order valence-corrected chi connectivity index (χ4v) is 3.86. The number of nitrogens with one attached hydrogen (secondary N) is 1. The first-order valence-corrected chi connectivity index (χ1v) is 8.49. The van der Waals surface area contributed by atoms with Crippen LogP contribution in [0.1, 0.15) is 31.5 Å². The second-order valence-electron chi connectivity index (χ2n) is 6.94. The fourth-order valence-electron chi connectivity index (χ4n) is 3.86. The fraction of sp³-hybridized carbons (Fsp3) is 0.526. The zero-order valence-corrected chi connectivity index (χ0v) is 14.2. The number of H-pyrrole nitrogens is 1. The van der Waals surface area contributed by atoms with Gasteiger partial charge in [-0.15, -0.1) is 0 Å². The Kier molecular flexibility index (Phi) is 4.55. The summed E-state index contributed by atoms with van der Waals surface area (Å²) in [7, 11) is 0. The number of aliphatic hydroxyl groups excluding tert-OH is 1. The first kappa shape index (κ1) is 16.2. The lowest BCUT2D eigenvalue weighted by atomic mass is 10.0. The highest BCUT2D eigenvalue weighted by Gasteiger charge is 2.34. The van der Waals surface area contributed by atoms with Gasteiger partial charge in [0.05, 0.1) is 6.61 Å². The Hall–Kier alpha value is -1.65. The molecule has 0 amide bonds. The monoisotopic (exact) mass is 314 g/mol. The number of hydrogen-bond acceptors (Lipinski definition) is 3. The van der Waals surface area contributed by atoms with E-state index in [0.717, 1.165) is 41.4 Å². The first-order valence-electron chi connectivity index (χ1n) is 8.49. The molecular weight excluding hydrogens is 288 g/mol. The van der Waals surface area contributed by atoms with Crippen molar-refractivity contribution in [3.63, 3.8) is 0 Å². The summed E-state index contributed by atoms with van der Waals surface area (Å²) >= 11 is 0. The molecule has 0 aliphatic carbocycles. The Labute approximate surface area is 137 Å². The van der Waals surface area contributed by atoms with Crippen LogP contribution in [0.25, 0.3) is 10.8 Å². The number of aromatic amines is 1. The van der Waals surface area contributed by atoms with E-state index < -0.39 is 0 Å². The van der Waals surface area contributed by atoms with Crippen LogP contribution in [0, 0.1) is 12.8 Å². The van der Waals surface area contributed by atoms with Crippen LogP contribution in [0.4, 0.5) is 0 Å². The smallest absolute Gasteiger partial charge is 0.256 e. The molecule has 4 heteroatoms. The van der Waals surface area contributed by atoms with Gasteiger partial charge in [-0.1, -0.05) is 19.1 Å². The molecule has 2 aromatic rings. The van der Waals surface area contributed by atoms with Crippen molar-refractivity contribution in [2.45, 2.75) is 45.7 Å². The van der Waals surface area contributed by atoms with Crippen LogP contribution in [0.5, 0.6) is 0 Å². The highest BCUT2D eigenvalue weighted by molar-refractivity contribution is 5.84. The molecule has 1 unspecified atom stereocenters. The number of aliphatic hydroxyl groups is 1. The van der Waals surface area contributed by atoms with Gasteiger partial charge in [0.2, 0.25) is 0 Å². The van der Waals surface area contributed by atoms with E-state index in [0.29, 0.717) is 12.0 Å². The third kappa shape index (κ3) is 3.06. The highest BCUT2D eigenvalue weighted by atomic mass is 16.3. The van der Waals surface area contributed by atoms with Crippen molar-refractivity contribution in [1.29, 1.82) is 0 Å². The summed E-state index contributed by atoms with van der Waals surface area (Å²) in [6, 6.07) is 8.65. The molecule has 1 aromatic heterocycles. The van der Waals surface area contributed by atoms with Gasteiger partial charge >= 0.3 is 0 Å². The van der Waals surface area contributed by atoms with E-state index in [9.17, 15) is 9.90 Å². The third-order valence-electron chi connectivity index (χ3n) is 5.47. The number of nitrogens with zero attached hydrogens (tertiary/aromatic N) is 1. The molecule has 124 valence electrons. The second kappa shape index (κ2) is 6.46. The van der Waals surface area contributed by atoms with Crippen LogP contribution in [0.2, 0.25) is 0 Å². The third-order valence-corrected chi connectivity index (χ3v) is 5.47. The van der Waals surface area contributed by atoms with Crippen molar-refractivity contribution in [2.24, 2.45) is 5.92 Å². The Morgan fingerprint density at radius 3 is 2.83 bits per heavy atom. The standard InChI is InChI=1S/C19H26N2O2/c1-12-5-4-6-17-18(12)10-15(20-19(17)23)7-8-21-14(3)13(2)9-16(21)11-22/h4-6,10,13-14,16,22H,7-9,11H2,1-3H3,(H,20,23)/t13-,14?,16+/m0/s1. The SMILES string of the molecule is Cc1cccc2c(=O)[nH]c(CCN3C(C)[C@@H](C)C[C@@H]3CO)cc12. The lowest BCUT2D eigenvalue weighted by Crippen LogP contribution is -2.39. The summed E-state index contributed by atoms with van der Waals surface area (Å²) < 4.78 is 0. The van der Waals surface area contributed by atoms with Crippen LogP contribution in [0.15, 0.2) is 29.1 Å². The first-order chi connectivity index (χ1) is 11.0. The van der Waals surface area contributed by atoms with E-state index in [2.05, 4.69) is 29.8 Å². The summed E-state index contributed by atoms with van der Waals surface area (Å²) in [5, 5.41) is 11.4. The molecule has 0 spiro atoms. The maximum atomic E-state index is 12.3. The summed E-state index contributed by atoms with van der Waals surface area (Å²) in [4.78, 5) is 17.7. The minimum absolute atomic E-state index is 0.0113. The predicted octanol–water partition coefficient (Wildman–Crippen LogP) is 2.47. The number of aryl methyl sites for hydroxylation is 1. The molecule has 1 aliphatic heterocycles. The predicted molar refractivity (Wildman–Crippen MR) is 93.8 cm³/mol. The van der Waals surface area contributed by atoms with Crippen LogP contribution in [0.3, 0.4) is 0 Å². The minimum atomic E-state index is -0.0113. The van der Waals surface area contributed by atoms with Crippen LogP contribution in [-0.2, 0) is 6.42 Å². The van der Waals surface area contributed by atoms with Crippen LogP contribution < -0.4 is 5.56 Å². The zero-order valence-electron chi connectivity index (χ0n) is 14.2. The average molecular weight is 314 g/mol. The molecular formula is C19H26N2O2. The van der Waals surface area contributed by atoms with Crippen molar-refractivity contribution in [1.82, 2.24) is 9.88 Å². The van der Waals surface area contributed by atoms with Gasteiger partial charge in [0.25, 0.3) is 5.56 Å². The topological polar surface area (TPSA) is 56.3 Å². The van der Waals surface area contributed by atoms with E-state index in [4.69, 9.17) is 0 Å². The number of pyridine rings is 1. The molecule has 1 saturated heterocycles. The van der Waals surface area contributed by atoms with Gasteiger partial charge in [-0.2, -0.15) is 0 Å². The van der Waals surface area contributed by atoms with Gasteiger partial charge < -0.3 is 10.1 Å². The molecule has 0 radical (unpaired) electrons. The molecule has 1 aromatic carbocycles. The lowest BCUT2D eigenvalue weighted by molar-refractivity contribution is 0.133.